The fourth-order valence-electron chi connectivity index (χ4n) is 4.00. The molecule has 1 fully saturated rings. The summed E-state index contributed by atoms with van der Waals surface area (Å²) in [5.74, 6) is 0. The molecular formula is C18H27ClN2. The largest absolute Gasteiger partial charge is 0.308 e. The maximum absolute atomic E-state index is 6.21. The van der Waals surface area contributed by atoms with Crippen molar-refractivity contribution in [2.75, 3.05) is 19.6 Å². The van der Waals surface area contributed by atoms with Gasteiger partial charge in [0.25, 0.3) is 0 Å². The highest BCUT2D eigenvalue weighted by Gasteiger charge is 2.39. The summed E-state index contributed by atoms with van der Waals surface area (Å²) >= 11 is 6.21. The third-order valence-electron chi connectivity index (χ3n) is 5.23. The first-order chi connectivity index (χ1) is 9.97. The van der Waals surface area contributed by atoms with Gasteiger partial charge < -0.3 is 5.32 Å². The molecule has 1 aromatic carbocycles. The van der Waals surface area contributed by atoms with Gasteiger partial charge in [0, 0.05) is 23.7 Å². The first-order valence-corrected chi connectivity index (χ1v) is 8.61. The van der Waals surface area contributed by atoms with Gasteiger partial charge in [-0.25, -0.2) is 0 Å². The van der Waals surface area contributed by atoms with Gasteiger partial charge in [0.1, 0.15) is 0 Å². The second kappa shape index (κ2) is 5.91. The summed E-state index contributed by atoms with van der Waals surface area (Å²) in [7, 11) is 0. The van der Waals surface area contributed by atoms with Crippen molar-refractivity contribution in [3.05, 3.63) is 34.3 Å². The van der Waals surface area contributed by atoms with Crippen LogP contribution in [0.25, 0.3) is 0 Å². The second-order valence-electron chi connectivity index (χ2n) is 7.44. The molecule has 1 heterocycles. The first kappa shape index (κ1) is 15.3. The lowest BCUT2D eigenvalue weighted by Crippen LogP contribution is -2.42. The highest BCUT2D eigenvalue weighted by atomic mass is 35.5. The van der Waals surface area contributed by atoms with Gasteiger partial charge >= 0.3 is 0 Å². The number of nitrogens with one attached hydrogen (secondary N) is 1. The lowest BCUT2D eigenvalue weighted by Gasteiger charge is -2.32. The van der Waals surface area contributed by atoms with E-state index in [1.165, 1.54) is 37.1 Å². The highest BCUT2D eigenvalue weighted by molar-refractivity contribution is 6.30. The minimum Gasteiger partial charge on any atom is -0.308 e. The molecule has 0 bridgehead atoms. The van der Waals surface area contributed by atoms with E-state index in [4.69, 9.17) is 11.6 Å². The van der Waals surface area contributed by atoms with E-state index in [1.807, 2.05) is 6.07 Å². The summed E-state index contributed by atoms with van der Waals surface area (Å²) in [5, 5.41) is 4.68. The Hall–Kier alpha value is -0.570. The predicted molar refractivity (Wildman–Crippen MR) is 89.9 cm³/mol. The molecule has 2 aliphatic rings. The molecule has 1 aliphatic heterocycles. The number of fused-ring (bicyclic) bond motifs is 1. The van der Waals surface area contributed by atoms with Gasteiger partial charge in [-0.3, -0.25) is 4.90 Å². The standard InChI is InChI=1S/C18H27ClN2/c1-13(21-8-4-5-9-21)12-20-17-16-10-15(19)7-6-14(16)11-18(17,2)3/h6-7,10,13,17,20H,4-5,8-9,11-12H2,1-3H3. The topological polar surface area (TPSA) is 15.3 Å². The summed E-state index contributed by atoms with van der Waals surface area (Å²) in [5.41, 5.74) is 3.12. The van der Waals surface area contributed by atoms with Crippen LogP contribution in [0.5, 0.6) is 0 Å². The van der Waals surface area contributed by atoms with Crippen LogP contribution in [0.15, 0.2) is 18.2 Å². The summed E-state index contributed by atoms with van der Waals surface area (Å²) in [6.45, 7) is 10.6. The molecule has 116 valence electrons. The van der Waals surface area contributed by atoms with Crippen LogP contribution in [0.1, 0.15) is 50.8 Å². The Morgan fingerprint density at radius 2 is 2.05 bits per heavy atom. The van der Waals surface area contributed by atoms with Crippen molar-refractivity contribution >= 4 is 11.6 Å². The molecule has 3 rings (SSSR count). The minimum atomic E-state index is 0.262. The minimum absolute atomic E-state index is 0.262. The van der Waals surface area contributed by atoms with E-state index in [2.05, 4.69) is 43.1 Å². The van der Waals surface area contributed by atoms with Gasteiger partial charge in [-0.1, -0.05) is 31.5 Å². The number of hydrogen-bond donors (Lipinski definition) is 1. The molecule has 0 amide bonds. The van der Waals surface area contributed by atoms with Gasteiger partial charge in [-0.05, 0) is 68.0 Å². The van der Waals surface area contributed by atoms with E-state index >= 15 is 0 Å². The van der Waals surface area contributed by atoms with Crippen molar-refractivity contribution in [3.8, 4) is 0 Å². The summed E-state index contributed by atoms with van der Waals surface area (Å²) < 4.78 is 0. The molecule has 1 saturated heterocycles. The monoisotopic (exact) mass is 306 g/mol. The number of benzene rings is 1. The molecule has 3 heteroatoms. The molecule has 1 aliphatic carbocycles. The smallest absolute Gasteiger partial charge is 0.0409 e. The fraction of sp³-hybridized carbons (Fsp3) is 0.667. The third-order valence-corrected chi connectivity index (χ3v) is 5.46. The van der Waals surface area contributed by atoms with Crippen molar-refractivity contribution in [1.82, 2.24) is 10.2 Å². The van der Waals surface area contributed by atoms with Crippen molar-refractivity contribution in [1.29, 1.82) is 0 Å². The van der Waals surface area contributed by atoms with Gasteiger partial charge in [0.05, 0.1) is 0 Å². The van der Waals surface area contributed by atoms with E-state index in [0.717, 1.165) is 18.0 Å². The van der Waals surface area contributed by atoms with E-state index in [1.54, 1.807) is 0 Å². The van der Waals surface area contributed by atoms with E-state index in [-0.39, 0.29) is 5.41 Å². The number of halogens is 1. The van der Waals surface area contributed by atoms with Crippen LogP contribution in [0, 0.1) is 5.41 Å². The van der Waals surface area contributed by atoms with Crippen LogP contribution >= 0.6 is 11.6 Å². The molecule has 1 N–H and O–H groups in total. The second-order valence-corrected chi connectivity index (χ2v) is 7.88. The maximum atomic E-state index is 6.21. The number of likely N-dealkylation sites (tertiary alicyclic amines) is 1. The number of rotatable bonds is 4. The molecule has 0 aromatic heterocycles. The van der Waals surface area contributed by atoms with E-state index < -0.39 is 0 Å². The number of nitrogens with zero attached hydrogens (tertiary/aromatic N) is 1. The van der Waals surface area contributed by atoms with Gasteiger partial charge in [0.2, 0.25) is 0 Å². The first-order valence-electron chi connectivity index (χ1n) is 8.23. The van der Waals surface area contributed by atoms with Crippen LogP contribution in [-0.2, 0) is 6.42 Å². The molecule has 2 unspecified atom stereocenters. The van der Waals surface area contributed by atoms with Crippen LogP contribution < -0.4 is 5.32 Å². The third kappa shape index (κ3) is 3.13. The normalized spacial score (nSPS) is 26.0. The number of hydrogen-bond acceptors (Lipinski definition) is 2. The van der Waals surface area contributed by atoms with Crippen LogP contribution in [0.4, 0.5) is 0 Å². The molecule has 0 spiro atoms. The lowest BCUT2D eigenvalue weighted by atomic mass is 9.85. The van der Waals surface area contributed by atoms with Crippen LogP contribution in [0.2, 0.25) is 5.02 Å². The Labute approximate surface area is 133 Å². The van der Waals surface area contributed by atoms with Crippen molar-refractivity contribution in [3.63, 3.8) is 0 Å². The van der Waals surface area contributed by atoms with E-state index in [9.17, 15) is 0 Å². The molecular weight excluding hydrogens is 280 g/mol. The predicted octanol–water partition coefficient (Wildman–Crippen LogP) is 4.04. The molecule has 0 radical (unpaired) electrons. The SMILES string of the molecule is CC(CNC1c2cc(Cl)ccc2CC1(C)C)N1CCCC1. The Bertz CT molecular complexity index is 506. The molecule has 21 heavy (non-hydrogen) atoms. The zero-order valence-corrected chi connectivity index (χ0v) is 14.2. The van der Waals surface area contributed by atoms with Crippen molar-refractivity contribution in [2.45, 2.75) is 52.1 Å². The zero-order chi connectivity index (χ0) is 15.0. The van der Waals surface area contributed by atoms with Gasteiger partial charge in [-0.15, -0.1) is 0 Å². The average Bonchev–Trinajstić information content (AvgIpc) is 3.02. The quantitative estimate of drug-likeness (QED) is 0.903. The highest BCUT2D eigenvalue weighted by Crippen LogP contribution is 2.45. The average molecular weight is 307 g/mol. The zero-order valence-electron chi connectivity index (χ0n) is 13.5. The molecule has 1 aromatic rings. The Morgan fingerprint density at radius 1 is 1.33 bits per heavy atom. The molecule has 2 atom stereocenters. The Morgan fingerprint density at radius 3 is 2.76 bits per heavy atom. The summed E-state index contributed by atoms with van der Waals surface area (Å²) in [6, 6.07) is 7.41. The molecule has 2 nitrogen and oxygen atoms in total. The van der Waals surface area contributed by atoms with Crippen molar-refractivity contribution in [2.24, 2.45) is 5.41 Å². The fourth-order valence-corrected chi connectivity index (χ4v) is 4.18. The summed E-state index contributed by atoms with van der Waals surface area (Å²) in [4.78, 5) is 2.60. The summed E-state index contributed by atoms with van der Waals surface area (Å²) in [6.07, 6.45) is 3.85. The van der Waals surface area contributed by atoms with Crippen LogP contribution in [0.3, 0.4) is 0 Å². The lowest BCUT2D eigenvalue weighted by molar-refractivity contribution is 0.214. The van der Waals surface area contributed by atoms with Gasteiger partial charge in [-0.2, -0.15) is 0 Å². The van der Waals surface area contributed by atoms with Gasteiger partial charge in [0.15, 0.2) is 0 Å². The Kier molecular flexibility index (Phi) is 4.31. The van der Waals surface area contributed by atoms with E-state index in [0.29, 0.717) is 12.1 Å². The Balaban J connectivity index is 1.70. The maximum Gasteiger partial charge on any atom is 0.0409 e. The van der Waals surface area contributed by atoms with Crippen LogP contribution in [-0.4, -0.2) is 30.6 Å². The molecule has 0 saturated carbocycles. The van der Waals surface area contributed by atoms with Crippen molar-refractivity contribution < 1.29 is 0 Å².